The van der Waals surface area contributed by atoms with Crippen LogP contribution in [0.15, 0.2) is 103 Å². The lowest BCUT2D eigenvalue weighted by Crippen LogP contribution is -2.62. The van der Waals surface area contributed by atoms with Crippen LogP contribution >= 0.6 is 0 Å². The lowest BCUT2D eigenvalue weighted by atomic mass is 9.43. The van der Waals surface area contributed by atoms with Crippen LogP contribution in [0.25, 0.3) is 0 Å². The molecule has 0 aromatic heterocycles. The second-order valence-corrected chi connectivity index (χ2v) is 18.2. The van der Waals surface area contributed by atoms with E-state index in [-0.39, 0.29) is 52.5 Å². The van der Waals surface area contributed by atoms with E-state index in [0.717, 1.165) is 50.5 Å². The first-order chi connectivity index (χ1) is 29.0. The maximum Gasteiger partial charge on any atom is 0.338 e. The molecule has 4 aliphatic carbocycles. The third kappa shape index (κ3) is 7.16. The van der Waals surface area contributed by atoms with Gasteiger partial charge in [0.15, 0.2) is 24.6 Å². The smallest absolute Gasteiger partial charge is 0.338 e. The van der Waals surface area contributed by atoms with Gasteiger partial charge in [-0.1, -0.05) is 68.4 Å². The van der Waals surface area contributed by atoms with Crippen LogP contribution in [-0.2, 0) is 33.2 Å². The highest BCUT2D eigenvalue weighted by Crippen LogP contribution is 2.70. The first-order valence-corrected chi connectivity index (χ1v) is 21.6. The van der Waals surface area contributed by atoms with Gasteiger partial charge in [-0.3, -0.25) is 0 Å². The van der Waals surface area contributed by atoms with Crippen molar-refractivity contribution >= 4 is 23.9 Å². The average molecular weight is 819 g/mol. The van der Waals surface area contributed by atoms with E-state index in [2.05, 4.69) is 13.8 Å². The summed E-state index contributed by atoms with van der Waals surface area (Å²) < 4.78 is 36.8. The molecule has 3 unspecified atom stereocenters. The summed E-state index contributed by atoms with van der Waals surface area (Å²) in [5, 5.41) is 12.7. The van der Waals surface area contributed by atoms with Gasteiger partial charge in [-0.15, -0.1) is 0 Å². The normalized spacial score (nSPS) is 37.0. The number of esters is 4. The van der Waals surface area contributed by atoms with Gasteiger partial charge in [0.05, 0.1) is 35.0 Å². The molecule has 12 atom stereocenters. The minimum Gasteiger partial charge on any atom is -0.458 e. The second kappa shape index (κ2) is 16.2. The lowest BCUT2D eigenvalue weighted by molar-refractivity contribution is -0.289. The number of cyclic esters (lactones) is 1. The van der Waals surface area contributed by atoms with Crippen molar-refractivity contribution in [2.45, 2.75) is 108 Å². The van der Waals surface area contributed by atoms with Crippen molar-refractivity contribution in [3.8, 4) is 0 Å². The van der Waals surface area contributed by atoms with Crippen molar-refractivity contribution in [2.24, 2.45) is 34.5 Å². The highest BCUT2D eigenvalue weighted by Gasteiger charge is 2.68. The summed E-state index contributed by atoms with van der Waals surface area (Å²) in [5.41, 5.74) is 0.358. The molecule has 1 saturated heterocycles. The zero-order valence-corrected chi connectivity index (χ0v) is 34.2. The summed E-state index contributed by atoms with van der Waals surface area (Å²) in [7, 11) is 0. The number of aliphatic hydroxyl groups is 1. The Bertz CT molecular complexity index is 2110. The van der Waals surface area contributed by atoms with E-state index in [4.69, 9.17) is 28.4 Å². The van der Waals surface area contributed by atoms with Gasteiger partial charge in [0.25, 0.3) is 0 Å². The van der Waals surface area contributed by atoms with Crippen LogP contribution in [0.4, 0.5) is 0 Å². The Morgan fingerprint density at radius 1 is 0.683 bits per heavy atom. The first kappa shape index (κ1) is 40.6. The third-order valence-corrected chi connectivity index (χ3v) is 15.4. The fourth-order valence-corrected chi connectivity index (χ4v) is 12.2. The van der Waals surface area contributed by atoms with Crippen LogP contribution in [-0.4, -0.2) is 78.5 Å². The quantitative estimate of drug-likeness (QED) is 0.129. The summed E-state index contributed by atoms with van der Waals surface area (Å²) >= 11 is 0. The molecule has 0 amide bonds. The Kier molecular flexibility index (Phi) is 11.0. The van der Waals surface area contributed by atoms with E-state index < -0.39 is 48.1 Å². The topological polar surface area (TPSA) is 144 Å². The average Bonchev–Trinajstić information content (AvgIpc) is 3.81. The van der Waals surface area contributed by atoms with Gasteiger partial charge in [0.2, 0.25) is 0 Å². The number of carbonyl (C=O) groups excluding carboxylic acids is 4. The SMILES string of the molecule is C[C@]12CC[C@H](OC3OC[C@H](OC(=O)c4ccccc4)[C@@H](OC(=O)c4ccccc4)[C@@H]3OC(=O)c3ccccc3)C[C@H]1CCC1C2CC[C@]2(C)[C@@H](C3=CCOC3=O)CC[C@]12O. The Morgan fingerprint density at radius 2 is 1.28 bits per heavy atom. The molecule has 11 nitrogen and oxygen atoms in total. The van der Waals surface area contributed by atoms with E-state index in [9.17, 15) is 24.3 Å². The molecule has 3 aromatic carbocycles. The fraction of sp³-hybridized carbons (Fsp3) is 0.510. The van der Waals surface area contributed by atoms with Gasteiger partial charge < -0.3 is 33.5 Å². The molecule has 6 aliphatic rings. The summed E-state index contributed by atoms with van der Waals surface area (Å²) in [4.78, 5) is 53.6. The third-order valence-electron chi connectivity index (χ3n) is 15.4. The largest absolute Gasteiger partial charge is 0.458 e. The number of benzene rings is 3. The van der Waals surface area contributed by atoms with E-state index in [0.29, 0.717) is 36.8 Å². The van der Waals surface area contributed by atoms with Crippen LogP contribution in [0, 0.1) is 34.5 Å². The van der Waals surface area contributed by atoms with Crippen molar-refractivity contribution in [1.29, 1.82) is 0 Å². The summed E-state index contributed by atoms with van der Waals surface area (Å²) in [6.45, 7) is 4.75. The van der Waals surface area contributed by atoms with E-state index in [1.165, 1.54) is 0 Å². The standard InChI is InChI=1S/C49H54O11/c1-47-24-20-34(28-33(47)18-19-38-37(47)21-25-48(2)36(22-26-49(38,48)54)35-23-27-55-45(35)53)57-46-41(60-44(52)32-16-10-5-11-17-32)40(59-43(51)31-14-8-4-9-15-31)39(29-56-46)58-42(50)30-12-6-3-7-13-30/h3-17,23,33-34,36-41,46,54H,18-22,24-29H2,1-2H3/t33-,34+,36-,37?,38?,39+,40-,41+,46?,47+,48-,49+/m1/s1. The van der Waals surface area contributed by atoms with Gasteiger partial charge >= 0.3 is 23.9 Å². The molecule has 0 spiro atoms. The molecule has 3 aromatic rings. The van der Waals surface area contributed by atoms with Gasteiger partial charge in [-0.25, -0.2) is 19.2 Å². The van der Waals surface area contributed by atoms with Crippen LogP contribution in [0.1, 0.15) is 103 Å². The Balaban J connectivity index is 0.953. The van der Waals surface area contributed by atoms with E-state index in [1.54, 1.807) is 91.0 Å². The molecule has 316 valence electrons. The van der Waals surface area contributed by atoms with E-state index >= 15 is 0 Å². The summed E-state index contributed by atoms with van der Waals surface area (Å²) in [5.74, 6) is -1.43. The maximum atomic E-state index is 13.8. The van der Waals surface area contributed by atoms with Gasteiger partial charge in [0.1, 0.15) is 6.61 Å². The number of hydrogen-bond acceptors (Lipinski definition) is 11. The van der Waals surface area contributed by atoms with Gasteiger partial charge in [0, 0.05) is 11.0 Å². The molecular formula is C49H54O11. The Hall–Kier alpha value is -4.84. The molecule has 4 saturated carbocycles. The van der Waals surface area contributed by atoms with Crippen LogP contribution in [0.5, 0.6) is 0 Å². The molecule has 60 heavy (non-hydrogen) atoms. The maximum absolute atomic E-state index is 13.8. The van der Waals surface area contributed by atoms with Crippen molar-refractivity contribution < 1.29 is 52.7 Å². The highest BCUT2D eigenvalue weighted by molar-refractivity contribution is 5.92. The zero-order valence-electron chi connectivity index (χ0n) is 34.2. The van der Waals surface area contributed by atoms with Gasteiger partial charge in [-0.05, 0) is 129 Å². The fourth-order valence-electron chi connectivity index (χ4n) is 12.2. The number of hydrogen-bond donors (Lipinski definition) is 1. The predicted octanol–water partition coefficient (Wildman–Crippen LogP) is 7.66. The van der Waals surface area contributed by atoms with Crippen molar-refractivity contribution in [3.05, 3.63) is 119 Å². The number of fused-ring (bicyclic) bond motifs is 5. The minimum absolute atomic E-state index is 0.00444. The molecule has 2 aliphatic heterocycles. The van der Waals surface area contributed by atoms with E-state index in [1.807, 2.05) is 6.08 Å². The monoisotopic (exact) mass is 818 g/mol. The van der Waals surface area contributed by atoms with Crippen LogP contribution < -0.4 is 0 Å². The van der Waals surface area contributed by atoms with Crippen LogP contribution in [0.3, 0.4) is 0 Å². The second-order valence-electron chi connectivity index (χ2n) is 18.2. The molecule has 11 heteroatoms. The predicted molar refractivity (Wildman–Crippen MR) is 217 cm³/mol. The Labute approximate surface area is 350 Å². The minimum atomic E-state index is -1.29. The molecule has 1 N–H and O–H groups in total. The van der Waals surface area contributed by atoms with Crippen molar-refractivity contribution in [1.82, 2.24) is 0 Å². The molecular weight excluding hydrogens is 765 g/mol. The summed E-state index contributed by atoms with van der Waals surface area (Å²) in [6.07, 6.45) is 4.32. The number of ether oxygens (including phenoxy) is 6. The number of carbonyl (C=O) groups is 4. The molecule has 5 fully saturated rings. The first-order valence-electron chi connectivity index (χ1n) is 21.6. The van der Waals surface area contributed by atoms with Crippen molar-refractivity contribution in [2.75, 3.05) is 13.2 Å². The number of rotatable bonds is 9. The molecule has 2 heterocycles. The molecule has 0 bridgehead atoms. The Morgan fingerprint density at radius 3 is 1.88 bits per heavy atom. The highest BCUT2D eigenvalue weighted by atomic mass is 16.7. The van der Waals surface area contributed by atoms with Crippen molar-refractivity contribution in [3.63, 3.8) is 0 Å². The summed E-state index contributed by atoms with van der Waals surface area (Å²) in [6, 6.07) is 25.5. The van der Waals surface area contributed by atoms with Crippen LogP contribution in [0.2, 0.25) is 0 Å². The van der Waals surface area contributed by atoms with Gasteiger partial charge in [-0.2, -0.15) is 0 Å². The zero-order chi connectivity index (χ0) is 41.6. The molecule has 9 rings (SSSR count). The molecule has 0 radical (unpaired) electrons. The lowest BCUT2D eigenvalue weighted by Gasteiger charge is -2.63.